The number of hydrogen-bond acceptors (Lipinski definition) is 8. The van der Waals surface area contributed by atoms with Crippen LogP contribution >= 0.6 is 0 Å². The van der Waals surface area contributed by atoms with Crippen molar-refractivity contribution >= 4 is 60.8 Å². The van der Waals surface area contributed by atoms with Crippen molar-refractivity contribution in [2.24, 2.45) is 0 Å². The first-order valence-electron chi connectivity index (χ1n) is 23.2. The van der Waals surface area contributed by atoms with Gasteiger partial charge in [-0.05, 0) is 89.2 Å². The van der Waals surface area contributed by atoms with Crippen LogP contribution in [0.1, 0.15) is 205 Å². The van der Waals surface area contributed by atoms with Crippen molar-refractivity contribution in [3.05, 3.63) is 71.8 Å². The molecule has 0 amide bonds. The zero-order valence-electron chi connectivity index (χ0n) is 37.3. The number of carboxylic acid groups (broad SMARTS) is 2. The van der Waals surface area contributed by atoms with Crippen LogP contribution in [-0.2, 0) is 32.3 Å². The summed E-state index contributed by atoms with van der Waals surface area (Å²) in [4.78, 5) is 21.3. The number of benzene rings is 2. The molecule has 0 saturated heterocycles. The molecule has 0 aliphatic heterocycles. The molecule has 0 radical (unpaired) electrons. The molecular formula is C50H82BaO8. The van der Waals surface area contributed by atoms with Crippen LogP contribution < -0.4 is 10.2 Å². The number of unbranched alkanes of at least 4 members (excludes halogenated alkanes) is 16. The molecule has 4 unspecified atom stereocenters. The monoisotopic (exact) mass is 949 g/mol. The largest absolute Gasteiger partial charge is 2.00 e. The Bertz CT molecular complexity index is 1100. The van der Waals surface area contributed by atoms with Gasteiger partial charge < -0.3 is 39.5 Å². The molecule has 0 saturated carbocycles. The van der Waals surface area contributed by atoms with Gasteiger partial charge in [0.2, 0.25) is 0 Å². The van der Waals surface area contributed by atoms with Crippen LogP contribution in [0, 0.1) is 0 Å². The maximum atomic E-state index is 10.7. The predicted octanol–water partition coefficient (Wildman–Crippen LogP) is 9.95. The van der Waals surface area contributed by atoms with Crippen molar-refractivity contribution < 1.29 is 39.5 Å². The number of carboxylic acids is 2. The van der Waals surface area contributed by atoms with E-state index in [4.69, 9.17) is 9.47 Å². The molecule has 332 valence electrons. The van der Waals surface area contributed by atoms with E-state index in [9.17, 15) is 30.0 Å². The SMILES string of the molecule is CC(O)CCCCCCCCCCCC(CCCC(=O)[O-])OCc1ccccc1.CC(O)CCCCCCCCCCCC(CCCC(=O)[O-])OCc1ccccc1.[Ba+2]. The molecule has 0 fully saturated rings. The average Bonchev–Trinajstić information content (AvgIpc) is 3.20. The number of aliphatic hydroxyl groups excluding tert-OH is 2. The van der Waals surface area contributed by atoms with E-state index in [1.807, 2.05) is 50.2 Å². The van der Waals surface area contributed by atoms with Crippen molar-refractivity contribution in [2.45, 2.75) is 231 Å². The maximum Gasteiger partial charge on any atom is 2.00 e. The standard InChI is InChI=1S/2C25H42O4.Ba/c2*1-22(26)15-10-7-5-3-2-4-6-8-13-18-24(19-14-20-25(27)28)29-21-23-16-11-9-12-17-23;/h2*9,11-12,16-17,22,24,26H,2-8,10,13-15,18-21H2,1H3,(H,27,28);/q;;+2/p-2. The fraction of sp³-hybridized carbons (Fsp3) is 0.720. The molecule has 2 N–H and O–H groups in total. The van der Waals surface area contributed by atoms with Gasteiger partial charge in [0.1, 0.15) is 0 Å². The summed E-state index contributed by atoms with van der Waals surface area (Å²) in [6.07, 6.45) is 29.1. The number of ether oxygens (including phenoxy) is 2. The Balaban J connectivity index is 0.00000112. The van der Waals surface area contributed by atoms with Gasteiger partial charge in [-0.3, -0.25) is 0 Å². The van der Waals surface area contributed by atoms with Gasteiger partial charge in [0, 0.05) is 11.9 Å². The molecular weight excluding hydrogens is 866 g/mol. The summed E-state index contributed by atoms with van der Waals surface area (Å²) in [6, 6.07) is 20.3. The minimum Gasteiger partial charge on any atom is -0.550 e. The summed E-state index contributed by atoms with van der Waals surface area (Å²) in [5.41, 5.74) is 2.32. The number of aliphatic carboxylic acids is 2. The molecule has 2 aromatic carbocycles. The van der Waals surface area contributed by atoms with Crippen LogP contribution in [0.15, 0.2) is 60.7 Å². The minimum absolute atomic E-state index is 0. The first kappa shape index (κ1) is 57.8. The smallest absolute Gasteiger partial charge is 0.550 e. The summed E-state index contributed by atoms with van der Waals surface area (Å²) in [5.74, 6) is -1.95. The van der Waals surface area contributed by atoms with Gasteiger partial charge in [-0.15, -0.1) is 0 Å². The molecule has 0 aromatic heterocycles. The fourth-order valence-electron chi connectivity index (χ4n) is 7.25. The summed E-state index contributed by atoms with van der Waals surface area (Å²) >= 11 is 0. The Morgan fingerprint density at radius 2 is 0.695 bits per heavy atom. The zero-order valence-corrected chi connectivity index (χ0v) is 41.8. The quantitative estimate of drug-likeness (QED) is 0.0501. The van der Waals surface area contributed by atoms with Crippen molar-refractivity contribution in [3.8, 4) is 0 Å². The minimum atomic E-state index is -0.974. The van der Waals surface area contributed by atoms with E-state index >= 15 is 0 Å². The fourth-order valence-corrected chi connectivity index (χ4v) is 7.25. The van der Waals surface area contributed by atoms with Crippen LogP contribution in [0.3, 0.4) is 0 Å². The van der Waals surface area contributed by atoms with Gasteiger partial charge in [-0.2, -0.15) is 0 Å². The molecule has 4 atom stereocenters. The third kappa shape index (κ3) is 40.6. The second-order valence-corrected chi connectivity index (χ2v) is 16.6. The van der Waals surface area contributed by atoms with Gasteiger partial charge in [0.25, 0.3) is 0 Å². The Kier molecular flexibility index (Phi) is 41.2. The van der Waals surface area contributed by atoms with Gasteiger partial charge >= 0.3 is 48.9 Å². The van der Waals surface area contributed by atoms with Gasteiger partial charge in [0.05, 0.1) is 37.6 Å². The van der Waals surface area contributed by atoms with E-state index in [1.54, 1.807) is 0 Å². The van der Waals surface area contributed by atoms with Crippen molar-refractivity contribution in [2.75, 3.05) is 0 Å². The molecule has 0 aliphatic carbocycles. The molecule has 59 heavy (non-hydrogen) atoms. The maximum absolute atomic E-state index is 10.7. The molecule has 0 aliphatic rings. The van der Waals surface area contributed by atoms with Gasteiger partial charge in [-0.25, -0.2) is 0 Å². The number of carbonyl (C=O) groups is 2. The van der Waals surface area contributed by atoms with Crippen LogP contribution in [-0.4, -0.2) is 95.4 Å². The summed E-state index contributed by atoms with van der Waals surface area (Å²) in [6.45, 7) is 4.90. The Morgan fingerprint density at radius 3 is 0.966 bits per heavy atom. The van der Waals surface area contributed by atoms with Crippen LogP contribution in [0.4, 0.5) is 0 Å². The zero-order chi connectivity index (χ0) is 42.3. The summed E-state index contributed by atoms with van der Waals surface area (Å²) in [5, 5.41) is 39.8. The van der Waals surface area contributed by atoms with Crippen LogP contribution in [0.25, 0.3) is 0 Å². The molecule has 8 nitrogen and oxygen atoms in total. The van der Waals surface area contributed by atoms with E-state index in [0.717, 1.165) is 75.3 Å². The van der Waals surface area contributed by atoms with E-state index in [2.05, 4.69) is 24.3 Å². The molecule has 9 heteroatoms. The third-order valence-corrected chi connectivity index (χ3v) is 10.8. The topological polar surface area (TPSA) is 139 Å². The summed E-state index contributed by atoms with van der Waals surface area (Å²) in [7, 11) is 0. The number of aliphatic hydroxyl groups is 2. The molecule has 2 rings (SSSR count). The van der Waals surface area contributed by atoms with Crippen molar-refractivity contribution in [3.63, 3.8) is 0 Å². The van der Waals surface area contributed by atoms with Crippen LogP contribution in [0.5, 0.6) is 0 Å². The Labute approximate surface area is 400 Å². The van der Waals surface area contributed by atoms with Gasteiger partial charge in [-0.1, -0.05) is 176 Å². The number of hydrogen-bond donors (Lipinski definition) is 2. The normalized spacial score (nSPS) is 13.1. The predicted molar refractivity (Wildman–Crippen MR) is 238 cm³/mol. The van der Waals surface area contributed by atoms with E-state index in [-0.39, 0.29) is 86.1 Å². The third-order valence-electron chi connectivity index (χ3n) is 10.8. The average molecular weight is 949 g/mol. The number of rotatable bonds is 38. The summed E-state index contributed by atoms with van der Waals surface area (Å²) < 4.78 is 12.2. The van der Waals surface area contributed by atoms with Crippen molar-refractivity contribution in [1.82, 2.24) is 0 Å². The Morgan fingerprint density at radius 1 is 0.441 bits per heavy atom. The van der Waals surface area contributed by atoms with E-state index < -0.39 is 11.9 Å². The van der Waals surface area contributed by atoms with Gasteiger partial charge in [0.15, 0.2) is 0 Å². The molecule has 0 bridgehead atoms. The Hall–Kier alpha value is -1.21. The van der Waals surface area contributed by atoms with Crippen molar-refractivity contribution in [1.29, 1.82) is 0 Å². The first-order valence-corrected chi connectivity index (χ1v) is 23.2. The number of carbonyl (C=O) groups excluding carboxylic acids is 2. The second-order valence-electron chi connectivity index (χ2n) is 16.6. The second kappa shape index (κ2) is 42.1. The van der Waals surface area contributed by atoms with Crippen LogP contribution in [0.2, 0.25) is 0 Å². The molecule has 0 heterocycles. The molecule has 0 spiro atoms. The van der Waals surface area contributed by atoms with E-state index in [1.165, 1.54) is 89.9 Å². The van der Waals surface area contributed by atoms with E-state index in [0.29, 0.717) is 26.1 Å². The molecule has 2 aromatic rings. The first-order chi connectivity index (χ1) is 28.2.